The number of rotatable bonds is 2. The van der Waals surface area contributed by atoms with E-state index in [0.29, 0.717) is 0 Å². The highest BCUT2D eigenvalue weighted by atomic mass is 16.2. The maximum atomic E-state index is 11.9. The summed E-state index contributed by atoms with van der Waals surface area (Å²) in [6.45, 7) is 0.951. The summed E-state index contributed by atoms with van der Waals surface area (Å²) < 4.78 is 0. The van der Waals surface area contributed by atoms with Gasteiger partial charge in [-0.1, -0.05) is 31.0 Å². The highest BCUT2D eigenvalue weighted by Gasteiger charge is 2.19. The van der Waals surface area contributed by atoms with Crippen LogP contribution in [0.25, 0.3) is 0 Å². The molecular formula is C13H18N2O. The molecule has 1 fully saturated rings. The summed E-state index contributed by atoms with van der Waals surface area (Å²) in [5, 5.41) is 6.23. The van der Waals surface area contributed by atoms with Crippen molar-refractivity contribution in [2.75, 3.05) is 11.9 Å². The zero-order valence-electron chi connectivity index (χ0n) is 9.41. The van der Waals surface area contributed by atoms with Gasteiger partial charge in [0, 0.05) is 5.69 Å². The number of amides is 1. The standard InChI is InChI=1S/C13H18N2O/c16-13(12-9-5-2-6-10-14-12)15-11-7-3-1-4-8-11/h1,3-4,7-8,12,14H,2,5-6,9-10H2,(H,15,16)/t12-/m1/s1. The first-order chi connectivity index (χ1) is 7.86. The average Bonchev–Trinajstić information content (AvgIpc) is 2.59. The van der Waals surface area contributed by atoms with Crippen LogP contribution in [0.4, 0.5) is 5.69 Å². The van der Waals surface area contributed by atoms with Crippen LogP contribution < -0.4 is 10.6 Å². The molecule has 86 valence electrons. The van der Waals surface area contributed by atoms with Crippen LogP contribution in [0.1, 0.15) is 25.7 Å². The predicted molar refractivity (Wildman–Crippen MR) is 65.3 cm³/mol. The first kappa shape index (κ1) is 11.1. The topological polar surface area (TPSA) is 41.1 Å². The van der Waals surface area contributed by atoms with Crippen LogP contribution in [-0.4, -0.2) is 18.5 Å². The van der Waals surface area contributed by atoms with Gasteiger partial charge in [0.15, 0.2) is 0 Å². The van der Waals surface area contributed by atoms with E-state index < -0.39 is 0 Å². The van der Waals surface area contributed by atoms with E-state index in [2.05, 4.69) is 10.6 Å². The van der Waals surface area contributed by atoms with E-state index in [4.69, 9.17) is 0 Å². The zero-order chi connectivity index (χ0) is 11.2. The first-order valence-electron chi connectivity index (χ1n) is 5.95. The predicted octanol–water partition coefficient (Wildman–Crippen LogP) is 2.16. The van der Waals surface area contributed by atoms with Gasteiger partial charge in [0.1, 0.15) is 0 Å². The fraction of sp³-hybridized carbons (Fsp3) is 0.462. The Hall–Kier alpha value is -1.35. The number of nitrogens with one attached hydrogen (secondary N) is 2. The molecule has 1 aliphatic heterocycles. The maximum absolute atomic E-state index is 11.9. The summed E-state index contributed by atoms with van der Waals surface area (Å²) in [5.74, 6) is 0.0908. The SMILES string of the molecule is O=C(Nc1ccccc1)[C@H]1CCCCCN1. The molecule has 3 heteroatoms. The van der Waals surface area contributed by atoms with Gasteiger partial charge in [-0.2, -0.15) is 0 Å². The van der Waals surface area contributed by atoms with E-state index in [9.17, 15) is 4.79 Å². The van der Waals surface area contributed by atoms with Crippen LogP contribution in [0.3, 0.4) is 0 Å². The molecule has 0 aliphatic carbocycles. The highest BCUT2D eigenvalue weighted by Crippen LogP contribution is 2.11. The number of hydrogen-bond acceptors (Lipinski definition) is 2. The van der Waals surface area contributed by atoms with E-state index in [1.807, 2.05) is 30.3 Å². The van der Waals surface area contributed by atoms with E-state index in [1.165, 1.54) is 12.8 Å². The van der Waals surface area contributed by atoms with Crippen LogP contribution in [0.5, 0.6) is 0 Å². The van der Waals surface area contributed by atoms with Crippen molar-refractivity contribution < 1.29 is 4.79 Å². The molecule has 2 N–H and O–H groups in total. The van der Waals surface area contributed by atoms with Crippen molar-refractivity contribution in [3.8, 4) is 0 Å². The molecule has 1 saturated heterocycles. The van der Waals surface area contributed by atoms with Crippen molar-refractivity contribution in [1.82, 2.24) is 5.32 Å². The Morgan fingerprint density at radius 1 is 1.19 bits per heavy atom. The third-order valence-electron chi connectivity index (χ3n) is 2.92. The zero-order valence-corrected chi connectivity index (χ0v) is 9.41. The molecule has 0 spiro atoms. The Morgan fingerprint density at radius 3 is 2.81 bits per heavy atom. The average molecular weight is 218 g/mol. The largest absolute Gasteiger partial charge is 0.325 e. The number of benzene rings is 1. The van der Waals surface area contributed by atoms with Crippen molar-refractivity contribution in [1.29, 1.82) is 0 Å². The van der Waals surface area contributed by atoms with Crippen LogP contribution in [0.2, 0.25) is 0 Å². The second kappa shape index (κ2) is 5.66. The summed E-state index contributed by atoms with van der Waals surface area (Å²) in [7, 11) is 0. The lowest BCUT2D eigenvalue weighted by Gasteiger charge is -2.15. The molecule has 0 saturated carbocycles. The normalized spacial score (nSPS) is 21.1. The van der Waals surface area contributed by atoms with Crippen molar-refractivity contribution >= 4 is 11.6 Å². The van der Waals surface area contributed by atoms with E-state index in [0.717, 1.165) is 25.1 Å². The molecule has 1 aromatic rings. The summed E-state index contributed by atoms with van der Waals surface area (Å²) in [4.78, 5) is 11.9. The lowest BCUT2D eigenvalue weighted by atomic mass is 10.1. The van der Waals surface area contributed by atoms with Crippen molar-refractivity contribution in [2.45, 2.75) is 31.7 Å². The minimum atomic E-state index is -0.0253. The molecule has 1 aromatic carbocycles. The lowest BCUT2D eigenvalue weighted by Crippen LogP contribution is -2.39. The van der Waals surface area contributed by atoms with Crippen LogP contribution >= 0.6 is 0 Å². The van der Waals surface area contributed by atoms with Gasteiger partial charge in [0.05, 0.1) is 6.04 Å². The van der Waals surface area contributed by atoms with E-state index in [1.54, 1.807) is 0 Å². The lowest BCUT2D eigenvalue weighted by molar-refractivity contribution is -0.118. The molecule has 0 radical (unpaired) electrons. The van der Waals surface area contributed by atoms with Gasteiger partial charge in [-0.05, 0) is 31.5 Å². The van der Waals surface area contributed by atoms with Crippen molar-refractivity contribution in [3.63, 3.8) is 0 Å². The number of hydrogen-bond donors (Lipinski definition) is 2. The third-order valence-corrected chi connectivity index (χ3v) is 2.92. The quantitative estimate of drug-likeness (QED) is 0.798. The fourth-order valence-electron chi connectivity index (χ4n) is 2.00. The Labute approximate surface area is 96.2 Å². The van der Waals surface area contributed by atoms with E-state index in [-0.39, 0.29) is 11.9 Å². The van der Waals surface area contributed by atoms with Gasteiger partial charge in [-0.15, -0.1) is 0 Å². The summed E-state index contributed by atoms with van der Waals surface area (Å²) in [6, 6.07) is 9.59. The Morgan fingerprint density at radius 2 is 2.00 bits per heavy atom. The number of carbonyl (C=O) groups is 1. The molecule has 0 aromatic heterocycles. The summed E-state index contributed by atoms with van der Waals surface area (Å²) >= 11 is 0. The summed E-state index contributed by atoms with van der Waals surface area (Å²) in [6.07, 6.45) is 4.48. The second-order valence-electron chi connectivity index (χ2n) is 4.21. The molecule has 1 heterocycles. The minimum Gasteiger partial charge on any atom is -0.325 e. The number of anilines is 1. The molecule has 3 nitrogen and oxygen atoms in total. The molecule has 2 rings (SSSR count). The molecule has 0 bridgehead atoms. The van der Waals surface area contributed by atoms with Crippen LogP contribution in [0, 0.1) is 0 Å². The Bertz CT molecular complexity index is 329. The second-order valence-corrected chi connectivity index (χ2v) is 4.21. The number of para-hydroxylation sites is 1. The monoisotopic (exact) mass is 218 g/mol. The Balaban J connectivity index is 1.92. The molecule has 1 amide bonds. The van der Waals surface area contributed by atoms with Gasteiger partial charge in [-0.25, -0.2) is 0 Å². The van der Waals surface area contributed by atoms with Gasteiger partial charge < -0.3 is 10.6 Å². The van der Waals surface area contributed by atoms with Crippen molar-refractivity contribution in [2.24, 2.45) is 0 Å². The van der Waals surface area contributed by atoms with E-state index >= 15 is 0 Å². The van der Waals surface area contributed by atoms with Crippen LogP contribution in [0.15, 0.2) is 30.3 Å². The Kier molecular flexibility index (Phi) is 3.94. The van der Waals surface area contributed by atoms with Gasteiger partial charge in [0.2, 0.25) is 5.91 Å². The molecule has 0 unspecified atom stereocenters. The van der Waals surface area contributed by atoms with Gasteiger partial charge in [0.25, 0.3) is 0 Å². The maximum Gasteiger partial charge on any atom is 0.241 e. The van der Waals surface area contributed by atoms with Crippen molar-refractivity contribution in [3.05, 3.63) is 30.3 Å². The third kappa shape index (κ3) is 3.07. The molecule has 1 aliphatic rings. The first-order valence-corrected chi connectivity index (χ1v) is 5.95. The van der Waals surface area contributed by atoms with Crippen LogP contribution in [-0.2, 0) is 4.79 Å². The summed E-state index contributed by atoms with van der Waals surface area (Å²) in [5.41, 5.74) is 0.874. The fourth-order valence-corrected chi connectivity index (χ4v) is 2.00. The molecule has 1 atom stereocenters. The highest BCUT2D eigenvalue weighted by molar-refractivity contribution is 5.94. The smallest absolute Gasteiger partial charge is 0.241 e. The van der Waals surface area contributed by atoms with Gasteiger partial charge in [-0.3, -0.25) is 4.79 Å². The molecule has 16 heavy (non-hydrogen) atoms. The molecular weight excluding hydrogens is 200 g/mol. The number of carbonyl (C=O) groups excluding carboxylic acids is 1. The van der Waals surface area contributed by atoms with Gasteiger partial charge >= 0.3 is 0 Å². The minimum absolute atomic E-state index is 0.0253.